The molecule has 0 spiro atoms. The molecule has 3 aromatic carbocycles. The average Bonchev–Trinajstić information content (AvgIpc) is 3.26. The molecular formula is C23H16ClFN2O3. The number of anilines is 2. The van der Waals surface area contributed by atoms with Gasteiger partial charge in [-0.25, -0.2) is 14.4 Å². The van der Waals surface area contributed by atoms with Crippen LogP contribution in [0.15, 0.2) is 78.9 Å². The van der Waals surface area contributed by atoms with Gasteiger partial charge in [0.1, 0.15) is 11.7 Å². The van der Waals surface area contributed by atoms with Crippen molar-refractivity contribution in [2.24, 2.45) is 5.92 Å². The lowest BCUT2D eigenvalue weighted by molar-refractivity contribution is -0.126. The van der Waals surface area contributed by atoms with Crippen LogP contribution in [0.1, 0.15) is 11.6 Å². The van der Waals surface area contributed by atoms with E-state index >= 15 is 0 Å². The van der Waals surface area contributed by atoms with Crippen molar-refractivity contribution in [2.45, 2.75) is 12.1 Å². The zero-order chi connectivity index (χ0) is 20.8. The van der Waals surface area contributed by atoms with Crippen molar-refractivity contribution < 1.29 is 18.8 Å². The van der Waals surface area contributed by atoms with Gasteiger partial charge < -0.3 is 0 Å². The van der Waals surface area contributed by atoms with Gasteiger partial charge in [-0.2, -0.15) is 0 Å². The van der Waals surface area contributed by atoms with Crippen molar-refractivity contribution in [1.82, 2.24) is 0 Å². The number of amides is 2. The minimum Gasteiger partial charge on any atom is -0.273 e. The Bertz CT molecular complexity index is 1120. The van der Waals surface area contributed by atoms with E-state index in [1.807, 2.05) is 42.5 Å². The Labute approximate surface area is 177 Å². The van der Waals surface area contributed by atoms with Gasteiger partial charge in [-0.3, -0.25) is 14.4 Å². The van der Waals surface area contributed by atoms with E-state index in [4.69, 9.17) is 16.4 Å². The molecule has 2 fully saturated rings. The third-order valence-corrected chi connectivity index (χ3v) is 5.78. The molecule has 0 aromatic heterocycles. The number of halogens is 2. The van der Waals surface area contributed by atoms with Gasteiger partial charge in [0, 0.05) is 5.02 Å². The largest absolute Gasteiger partial charge is 0.273 e. The first-order valence-electron chi connectivity index (χ1n) is 9.45. The summed E-state index contributed by atoms with van der Waals surface area (Å²) in [6, 6.07) is 21.1. The van der Waals surface area contributed by atoms with Gasteiger partial charge in [-0.1, -0.05) is 48.0 Å². The first-order valence-corrected chi connectivity index (χ1v) is 9.83. The van der Waals surface area contributed by atoms with E-state index < -0.39 is 35.7 Å². The van der Waals surface area contributed by atoms with Gasteiger partial charge in [0.15, 0.2) is 6.10 Å². The molecule has 0 aliphatic carbocycles. The standard InChI is InChI=1S/C23H16ClFN2O3/c24-18-9-5-4-8-17(18)20-19-21(30-27(20)16-6-2-1-3-7-16)23(29)26(22(19)28)15-12-10-14(25)11-13-15/h1-13,19-21H/t19-,20-,21-/m1/s1. The minimum atomic E-state index is -0.996. The molecule has 2 amide bonds. The van der Waals surface area contributed by atoms with Crippen molar-refractivity contribution in [3.05, 3.63) is 95.3 Å². The number of hydrogen-bond acceptors (Lipinski definition) is 4. The van der Waals surface area contributed by atoms with Crippen molar-refractivity contribution in [3.8, 4) is 0 Å². The van der Waals surface area contributed by atoms with Crippen LogP contribution < -0.4 is 9.96 Å². The third kappa shape index (κ3) is 2.88. The smallest absolute Gasteiger partial charge is 0.266 e. The lowest BCUT2D eigenvalue weighted by Gasteiger charge is -2.29. The molecule has 7 heteroatoms. The van der Waals surface area contributed by atoms with E-state index in [2.05, 4.69) is 0 Å². The summed E-state index contributed by atoms with van der Waals surface area (Å²) in [7, 11) is 0. The quantitative estimate of drug-likeness (QED) is 0.582. The zero-order valence-corrected chi connectivity index (χ0v) is 16.4. The summed E-state index contributed by atoms with van der Waals surface area (Å²) in [6.07, 6.45) is -0.996. The Morgan fingerprint density at radius 3 is 2.17 bits per heavy atom. The predicted molar refractivity (Wildman–Crippen MR) is 110 cm³/mol. The second kappa shape index (κ2) is 7.23. The molecule has 2 saturated heterocycles. The Balaban J connectivity index is 1.60. The summed E-state index contributed by atoms with van der Waals surface area (Å²) in [5, 5.41) is 2.07. The molecule has 0 radical (unpaired) electrons. The number of para-hydroxylation sites is 1. The molecule has 0 N–H and O–H groups in total. The van der Waals surface area contributed by atoms with Crippen molar-refractivity contribution in [1.29, 1.82) is 0 Å². The lowest BCUT2D eigenvalue weighted by Crippen LogP contribution is -2.37. The topological polar surface area (TPSA) is 49.9 Å². The second-order valence-corrected chi connectivity index (χ2v) is 7.57. The number of nitrogens with zero attached hydrogens (tertiary/aromatic N) is 2. The average molecular weight is 423 g/mol. The Hall–Kier alpha value is -3.22. The van der Waals surface area contributed by atoms with Gasteiger partial charge in [-0.15, -0.1) is 0 Å². The second-order valence-electron chi connectivity index (χ2n) is 7.17. The number of carbonyl (C=O) groups is 2. The van der Waals surface area contributed by atoms with E-state index in [0.717, 1.165) is 4.90 Å². The molecule has 2 aliphatic rings. The van der Waals surface area contributed by atoms with Crippen LogP contribution in [0, 0.1) is 11.7 Å². The Morgan fingerprint density at radius 1 is 0.800 bits per heavy atom. The van der Waals surface area contributed by atoms with Crippen LogP contribution in [0.25, 0.3) is 0 Å². The molecule has 0 unspecified atom stereocenters. The Kier molecular flexibility index (Phi) is 4.53. The van der Waals surface area contributed by atoms with Crippen LogP contribution in [0.3, 0.4) is 0 Å². The minimum absolute atomic E-state index is 0.313. The summed E-state index contributed by atoms with van der Waals surface area (Å²) in [6.45, 7) is 0. The fourth-order valence-electron chi connectivity index (χ4n) is 4.09. The summed E-state index contributed by atoms with van der Waals surface area (Å²) in [5.74, 6) is -2.12. The first kappa shape index (κ1) is 18.8. The van der Waals surface area contributed by atoms with Gasteiger partial charge >= 0.3 is 0 Å². The molecule has 0 bridgehead atoms. The highest BCUT2D eigenvalue weighted by atomic mass is 35.5. The Morgan fingerprint density at radius 2 is 1.47 bits per heavy atom. The zero-order valence-electron chi connectivity index (χ0n) is 15.6. The molecule has 30 heavy (non-hydrogen) atoms. The van der Waals surface area contributed by atoms with Crippen LogP contribution >= 0.6 is 11.6 Å². The number of hydroxylamine groups is 1. The summed E-state index contributed by atoms with van der Waals surface area (Å²) < 4.78 is 13.3. The fourth-order valence-corrected chi connectivity index (χ4v) is 4.34. The van der Waals surface area contributed by atoms with Gasteiger partial charge in [0.05, 0.1) is 17.4 Å². The van der Waals surface area contributed by atoms with E-state index in [1.165, 1.54) is 24.3 Å². The van der Waals surface area contributed by atoms with Crippen molar-refractivity contribution in [3.63, 3.8) is 0 Å². The van der Waals surface area contributed by atoms with Crippen LogP contribution in [0.5, 0.6) is 0 Å². The summed E-state index contributed by atoms with van der Waals surface area (Å²) in [4.78, 5) is 33.7. The highest BCUT2D eigenvalue weighted by Crippen LogP contribution is 2.48. The van der Waals surface area contributed by atoms with Crippen molar-refractivity contribution >= 4 is 34.8 Å². The molecule has 3 aromatic rings. The molecule has 0 saturated carbocycles. The molecular weight excluding hydrogens is 407 g/mol. The van der Waals surface area contributed by atoms with Gasteiger partial charge in [-0.05, 0) is 48.0 Å². The molecule has 2 aliphatic heterocycles. The molecule has 5 nitrogen and oxygen atoms in total. The molecule has 5 rings (SSSR count). The van der Waals surface area contributed by atoms with Crippen LogP contribution in [-0.2, 0) is 14.4 Å². The van der Waals surface area contributed by atoms with Crippen LogP contribution in [-0.4, -0.2) is 17.9 Å². The monoisotopic (exact) mass is 422 g/mol. The van der Waals surface area contributed by atoms with E-state index in [9.17, 15) is 14.0 Å². The summed E-state index contributed by atoms with van der Waals surface area (Å²) in [5.41, 5.74) is 1.72. The number of imide groups is 1. The number of carbonyl (C=O) groups excluding carboxylic acids is 2. The van der Waals surface area contributed by atoms with Crippen molar-refractivity contribution in [2.75, 3.05) is 9.96 Å². The van der Waals surface area contributed by atoms with Gasteiger partial charge in [0.25, 0.3) is 5.91 Å². The molecule has 150 valence electrons. The maximum atomic E-state index is 13.4. The maximum absolute atomic E-state index is 13.4. The van der Waals surface area contributed by atoms with E-state index in [0.29, 0.717) is 22.0 Å². The highest BCUT2D eigenvalue weighted by Gasteiger charge is 2.60. The van der Waals surface area contributed by atoms with Crippen LogP contribution in [0.2, 0.25) is 5.02 Å². The fraction of sp³-hybridized carbons (Fsp3) is 0.130. The SMILES string of the molecule is O=C1[C@@H]2[C@@H](c3ccccc3Cl)N(c3ccccc3)O[C@H]2C(=O)N1c1ccc(F)cc1. The number of hydrogen-bond donors (Lipinski definition) is 0. The highest BCUT2D eigenvalue weighted by molar-refractivity contribution is 6.31. The van der Waals surface area contributed by atoms with E-state index in [-0.39, 0.29) is 0 Å². The lowest BCUT2D eigenvalue weighted by atomic mass is 9.90. The van der Waals surface area contributed by atoms with E-state index in [1.54, 1.807) is 17.2 Å². The maximum Gasteiger partial charge on any atom is 0.266 e. The molecule has 3 atom stereocenters. The first-order chi connectivity index (χ1) is 14.6. The van der Waals surface area contributed by atoms with Gasteiger partial charge in [0.2, 0.25) is 5.91 Å². The number of rotatable bonds is 3. The summed E-state index contributed by atoms with van der Waals surface area (Å²) >= 11 is 6.47. The predicted octanol–water partition coefficient (Wildman–Crippen LogP) is 4.53. The number of fused-ring (bicyclic) bond motifs is 1. The molecule has 2 heterocycles. The normalized spacial score (nSPS) is 23.2. The number of benzene rings is 3. The third-order valence-electron chi connectivity index (χ3n) is 5.43. The van der Waals surface area contributed by atoms with Crippen LogP contribution in [0.4, 0.5) is 15.8 Å².